The maximum Gasteiger partial charge on any atom is 0.224 e. The van der Waals surface area contributed by atoms with Crippen molar-refractivity contribution < 1.29 is 9.53 Å². The number of ether oxygens (including phenoxy) is 1. The molecular weight excluding hydrogens is 277 g/mol. The second-order valence-electron chi connectivity index (χ2n) is 4.43. The minimum atomic E-state index is 0. The van der Waals surface area contributed by atoms with Crippen LogP contribution in [0.2, 0.25) is 0 Å². The van der Waals surface area contributed by atoms with Gasteiger partial charge in [0.1, 0.15) is 0 Å². The highest BCUT2D eigenvalue weighted by Crippen LogP contribution is 2.06. The number of halogens is 2. The summed E-state index contributed by atoms with van der Waals surface area (Å²) < 4.78 is 5.27. The molecule has 7 heteroatoms. The van der Waals surface area contributed by atoms with Gasteiger partial charge in [-0.05, 0) is 13.0 Å². The molecule has 2 heterocycles. The zero-order chi connectivity index (χ0) is 11.2. The lowest BCUT2D eigenvalue weighted by Gasteiger charge is -2.26. The van der Waals surface area contributed by atoms with Gasteiger partial charge in [-0.1, -0.05) is 0 Å². The first-order valence-corrected chi connectivity index (χ1v) is 6.15. The van der Waals surface area contributed by atoms with E-state index in [1.165, 1.54) is 0 Å². The highest BCUT2D eigenvalue weighted by Gasteiger charge is 2.21. The molecule has 2 aliphatic heterocycles. The molecule has 0 saturated carbocycles. The highest BCUT2D eigenvalue weighted by molar-refractivity contribution is 5.85. The molecule has 0 spiro atoms. The van der Waals surface area contributed by atoms with Crippen LogP contribution in [0.3, 0.4) is 0 Å². The largest absolute Gasteiger partial charge is 0.379 e. The Morgan fingerprint density at radius 1 is 1.33 bits per heavy atom. The molecule has 5 nitrogen and oxygen atoms in total. The normalized spacial score (nSPS) is 23.9. The highest BCUT2D eigenvalue weighted by atomic mass is 35.5. The van der Waals surface area contributed by atoms with Crippen molar-refractivity contribution in [2.45, 2.75) is 6.42 Å². The van der Waals surface area contributed by atoms with Gasteiger partial charge in [0.25, 0.3) is 0 Å². The van der Waals surface area contributed by atoms with Crippen LogP contribution in [0.4, 0.5) is 0 Å². The number of hydrogen-bond acceptors (Lipinski definition) is 4. The lowest BCUT2D eigenvalue weighted by molar-refractivity contribution is -0.124. The maximum atomic E-state index is 11.7. The summed E-state index contributed by atoms with van der Waals surface area (Å²) in [5, 5.41) is 6.22. The Balaban J connectivity index is 0.00000144. The van der Waals surface area contributed by atoms with E-state index < -0.39 is 0 Å². The van der Waals surface area contributed by atoms with Crippen LogP contribution in [0.5, 0.6) is 0 Å². The SMILES string of the molecule is Cl.Cl.O=C(NCCN1CCOCC1)C1CCNC1. The van der Waals surface area contributed by atoms with Crippen LogP contribution in [-0.4, -0.2) is 63.3 Å². The zero-order valence-corrected chi connectivity index (χ0v) is 12.2. The average Bonchev–Trinajstić information content (AvgIpc) is 2.84. The second kappa shape index (κ2) is 9.81. The number of nitrogens with zero attached hydrogens (tertiary/aromatic N) is 1. The van der Waals surface area contributed by atoms with E-state index in [1.54, 1.807) is 0 Å². The number of carbonyl (C=O) groups excluding carboxylic acids is 1. The van der Waals surface area contributed by atoms with Gasteiger partial charge in [0.15, 0.2) is 0 Å². The van der Waals surface area contributed by atoms with Gasteiger partial charge in [0.05, 0.1) is 19.1 Å². The Morgan fingerprint density at radius 2 is 2.06 bits per heavy atom. The number of carbonyl (C=O) groups is 1. The summed E-state index contributed by atoms with van der Waals surface area (Å²) in [4.78, 5) is 14.0. The number of nitrogens with one attached hydrogen (secondary N) is 2. The third-order valence-corrected chi connectivity index (χ3v) is 3.26. The van der Waals surface area contributed by atoms with E-state index in [2.05, 4.69) is 15.5 Å². The quantitative estimate of drug-likeness (QED) is 0.760. The Kier molecular flexibility index (Phi) is 9.77. The van der Waals surface area contributed by atoms with Gasteiger partial charge in [-0.25, -0.2) is 0 Å². The molecule has 2 saturated heterocycles. The topological polar surface area (TPSA) is 53.6 Å². The molecule has 0 aromatic rings. The number of rotatable bonds is 4. The van der Waals surface area contributed by atoms with Crippen LogP contribution < -0.4 is 10.6 Å². The predicted octanol–water partition coefficient (Wildman–Crippen LogP) is -0.112. The van der Waals surface area contributed by atoms with Crippen LogP contribution in [-0.2, 0) is 9.53 Å². The molecule has 0 bridgehead atoms. The fourth-order valence-corrected chi connectivity index (χ4v) is 2.18. The summed E-state index contributed by atoms with van der Waals surface area (Å²) in [6.07, 6.45) is 0.976. The van der Waals surface area contributed by atoms with E-state index in [0.29, 0.717) is 0 Å². The molecule has 18 heavy (non-hydrogen) atoms. The van der Waals surface area contributed by atoms with E-state index in [4.69, 9.17) is 4.74 Å². The smallest absolute Gasteiger partial charge is 0.224 e. The van der Waals surface area contributed by atoms with Crippen molar-refractivity contribution in [3.8, 4) is 0 Å². The summed E-state index contributed by atoms with van der Waals surface area (Å²) >= 11 is 0. The number of morpholine rings is 1. The molecule has 2 rings (SSSR count). The van der Waals surface area contributed by atoms with E-state index >= 15 is 0 Å². The Labute approximate surface area is 121 Å². The summed E-state index contributed by atoms with van der Waals surface area (Å²) in [6, 6.07) is 0. The van der Waals surface area contributed by atoms with Gasteiger partial charge < -0.3 is 15.4 Å². The molecule has 0 radical (unpaired) electrons. The molecule has 2 aliphatic rings. The molecule has 108 valence electrons. The van der Waals surface area contributed by atoms with Gasteiger partial charge in [0.2, 0.25) is 5.91 Å². The Morgan fingerprint density at radius 3 is 2.67 bits per heavy atom. The standard InChI is InChI=1S/C11H21N3O2.2ClH/c15-11(10-1-2-12-9-10)13-3-4-14-5-7-16-8-6-14;;/h10,12H,1-9H2,(H,13,15);2*1H. The lowest BCUT2D eigenvalue weighted by Crippen LogP contribution is -2.42. The van der Waals surface area contributed by atoms with Gasteiger partial charge >= 0.3 is 0 Å². The summed E-state index contributed by atoms with van der Waals surface area (Å²) in [7, 11) is 0. The van der Waals surface area contributed by atoms with Crippen molar-refractivity contribution >= 4 is 30.7 Å². The molecular formula is C11H23Cl2N3O2. The fraction of sp³-hybridized carbons (Fsp3) is 0.909. The molecule has 2 N–H and O–H groups in total. The summed E-state index contributed by atoms with van der Waals surface area (Å²) in [6.45, 7) is 7.12. The monoisotopic (exact) mass is 299 g/mol. The predicted molar refractivity (Wildman–Crippen MR) is 75.7 cm³/mol. The first kappa shape index (κ1) is 17.9. The molecule has 1 atom stereocenters. The van der Waals surface area contributed by atoms with Crippen LogP contribution >= 0.6 is 24.8 Å². The van der Waals surface area contributed by atoms with Gasteiger partial charge in [0, 0.05) is 32.7 Å². The second-order valence-corrected chi connectivity index (χ2v) is 4.43. The number of amides is 1. The summed E-state index contributed by atoms with van der Waals surface area (Å²) in [5.74, 6) is 0.392. The first-order chi connectivity index (χ1) is 7.86. The Bertz CT molecular complexity index is 232. The number of hydrogen-bond donors (Lipinski definition) is 2. The third kappa shape index (κ3) is 5.71. The minimum Gasteiger partial charge on any atom is -0.379 e. The van der Waals surface area contributed by atoms with Crippen LogP contribution in [0.1, 0.15) is 6.42 Å². The van der Waals surface area contributed by atoms with Crippen molar-refractivity contribution in [2.24, 2.45) is 5.92 Å². The van der Waals surface area contributed by atoms with Gasteiger partial charge in [-0.3, -0.25) is 9.69 Å². The fourth-order valence-electron chi connectivity index (χ4n) is 2.18. The summed E-state index contributed by atoms with van der Waals surface area (Å²) in [5.41, 5.74) is 0. The molecule has 2 fully saturated rings. The van der Waals surface area contributed by atoms with Gasteiger partial charge in [-0.15, -0.1) is 24.8 Å². The van der Waals surface area contributed by atoms with Crippen LogP contribution in [0, 0.1) is 5.92 Å². The van der Waals surface area contributed by atoms with Crippen LogP contribution in [0.25, 0.3) is 0 Å². The van der Waals surface area contributed by atoms with E-state index in [9.17, 15) is 4.79 Å². The van der Waals surface area contributed by atoms with E-state index in [1.807, 2.05) is 0 Å². The lowest BCUT2D eigenvalue weighted by atomic mass is 10.1. The first-order valence-electron chi connectivity index (χ1n) is 6.15. The van der Waals surface area contributed by atoms with E-state index in [-0.39, 0.29) is 36.6 Å². The van der Waals surface area contributed by atoms with Crippen molar-refractivity contribution in [1.82, 2.24) is 15.5 Å². The third-order valence-electron chi connectivity index (χ3n) is 3.26. The van der Waals surface area contributed by atoms with Crippen molar-refractivity contribution in [2.75, 3.05) is 52.5 Å². The molecule has 0 aromatic carbocycles. The zero-order valence-electron chi connectivity index (χ0n) is 10.5. The van der Waals surface area contributed by atoms with Crippen molar-refractivity contribution in [3.63, 3.8) is 0 Å². The van der Waals surface area contributed by atoms with E-state index in [0.717, 1.165) is 58.9 Å². The molecule has 1 unspecified atom stereocenters. The Hall–Kier alpha value is -0.0700. The average molecular weight is 300 g/mol. The molecule has 0 aliphatic carbocycles. The van der Waals surface area contributed by atoms with Crippen molar-refractivity contribution in [1.29, 1.82) is 0 Å². The van der Waals surface area contributed by atoms with Gasteiger partial charge in [-0.2, -0.15) is 0 Å². The molecule has 0 aromatic heterocycles. The van der Waals surface area contributed by atoms with Crippen LogP contribution in [0.15, 0.2) is 0 Å². The van der Waals surface area contributed by atoms with Crippen molar-refractivity contribution in [3.05, 3.63) is 0 Å². The minimum absolute atomic E-state index is 0. The molecule has 1 amide bonds. The maximum absolute atomic E-state index is 11.7.